The molecule has 0 unspecified atom stereocenters. The molecule has 0 aliphatic carbocycles. The minimum absolute atomic E-state index is 0.0923. The molecule has 0 fully saturated rings. The summed E-state index contributed by atoms with van der Waals surface area (Å²) in [4.78, 5) is 5.57. The van der Waals surface area contributed by atoms with E-state index in [4.69, 9.17) is 5.73 Å². The summed E-state index contributed by atoms with van der Waals surface area (Å²) in [5.41, 5.74) is 7.27. The number of nitrogens with two attached hydrogens (primary N) is 1. The molecule has 1 aromatic carbocycles. The molecule has 0 saturated carbocycles. The molecule has 19 heavy (non-hydrogen) atoms. The Balaban J connectivity index is 2.33. The van der Waals surface area contributed by atoms with Crippen LogP contribution in [-0.2, 0) is 12.7 Å². The number of alkyl halides is 3. The van der Waals surface area contributed by atoms with Gasteiger partial charge in [-0.2, -0.15) is 13.2 Å². The predicted octanol–water partition coefficient (Wildman–Crippen LogP) is 3.38. The Morgan fingerprint density at radius 3 is 2.68 bits per heavy atom. The van der Waals surface area contributed by atoms with Gasteiger partial charge in [-0.1, -0.05) is 0 Å². The van der Waals surface area contributed by atoms with Gasteiger partial charge < -0.3 is 10.6 Å². The third-order valence-corrected chi connectivity index (χ3v) is 3.26. The highest BCUT2D eigenvalue weighted by atomic mass is 32.1. The minimum Gasteiger partial charge on any atom is -0.399 e. The first-order valence-corrected chi connectivity index (χ1v) is 6.37. The molecule has 7 heteroatoms. The van der Waals surface area contributed by atoms with E-state index >= 15 is 0 Å². The fourth-order valence-corrected chi connectivity index (χ4v) is 2.31. The topological polar surface area (TPSA) is 42.2 Å². The fourth-order valence-electron chi connectivity index (χ4n) is 1.76. The number of hydrogen-bond donors (Lipinski definition) is 1. The number of hydrogen-bond acceptors (Lipinski definition) is 4. The number of rotatable bonds is 3. The second kappa shape index (κ2) is 5.08. The van der Waals surface area contributed by atoms with Crippen molar-refractivity contribution in [3.05, 3.63) is 40.3 Å². The molecular weight excluding hydrogens is 275 g/mol. The van der Waals surface area contributed by atoms with E-state index in [-0.39, 0.29) is 11.4 Å². The van der Waals surface area contributed by atoms with Crippen molar-refractivity contribution in [1.82, 2.24) is 4.98 Å². The number of benzene rings is 1. The van der Waals surface area contributed by atoms with Crippen molar-refractivity contribution in [2.45, 2.75) is 12.7 Å². The summed E-state index contributed by atoms with van der Waals surface area (Å²) in [6.07, 6.45) is -4.43. The third kappa shape index (κ3) is 3.17. The SMILES string of the molecule is CN(Cc1cscn1)c1ccc(N)cc1C(F)(F)F. The van der Waals surface area contributed by atoms with Crippen LogP contribution in [0.5, 0.6) is 0 Å². The van der Waals surface area contributed by atoms with Crippen LogP contribution in [0.1, 0.15) is 11.3 Å². The van der Waals surface area contributed by atoms with Crippen LogP contribution in [0.3, 0.4) is 0 Å². The van der Waals surface area contributed by atoms with E-state index < -0.39 is 11.7 Å². The molecule has 1 heterocycles. The number of nitrogens with zero attached hydrogens (tertiary/aromatic N) is 2. The Labute approximate surface area is 112 Å². The summed E-state index contributed by atoms with van der Waals surface area (Å²) < 4.78 is 38.9. The maximum Gasteiger partial charge on any atom is 0.418 e. The van der Waals surface area contributed by atoms with E-state index in [1.54, 1.807) is 17.9 Å². The first kappa shape index (κ1) is 13.7. The van der Waals surface area contributed by atoms with E-state index in [9.17, 15) is 13.2 Å². The molecule has 0 amide bonds. The lowest BCUT2D eigenvalue weighted by atomic mass is 10.1. The molecule has 3 nitrogen and oxygen atoms in total. The molecule has 2 rings (SSSR count). The Morgan fingerprint density at radius 1 is 1.37 bits per heavy atom. The monoisotopic (exact) mass is 287 g/mol. The van der Waals surface area contributed by atoms with Crippen LogP contribution in [0.2, 0.25) is 0 Å². The number of thiazole rings is 1. The summed E-state index contributed by atoms with van der Waals surface area (Å²) in [6.45, 7) is 0.316. The Hall–Kier alpha value is -1.76. The Morgan fingerprint density at radius 2 is 2.11 bits per heavy atom. The first-order chi connectivity index (χ1) is 8.88. The van der Waals surface area contributed by atoms with Gasteiger partial charge in [0.05, 0.1) is 23.3 Å². The lowest BCUT2D eigenvalue weighted by Gasteiger charge is -2.23. The van der Waals surface area contributed by atoms with Crippen LogP contribution in [0.25, 0.3) is 0 Å². The molecule has 0 aliphatic heterocycles. The first-order valence-electron chi connectivity index (χ1n) is 5.43. The standard InChI is InChI=1S/C12H12F3N3S/c1-18(5-9-6-19-7-17-9)11-3-2-8(16)4-10(11)12(13,14)15/h2-4,6-7H,5,16H2,1H3. The molecule has 0 atom stereocenters. The summed E-state index contributed by atoms with van der Waals surface area (Å²) in [6, 6.07) is 3.79. The quantitative estimate of drug-likeness (QED) is 0.880. The fraction of sp³-hybridized carbons (Fsp3) is 0.250. The van der Waals surface area contributed by atoms with Crippen LogP contribution in [0.15, 0.2) is 29.1 Å². The van der Waals surface area contributed by atoms with Gasteiger partial charge in [-0.05, 0) is 18.2 Å². The average molecular weight is 287 g/mol. The Bertz CT molecular complexity index is 552. The highest BCUT2D eigenvalue weighted by Gasteiger charge is 2.34. The average Bonchev–Trinajstić information content (AvgIpc) is 2.80. The molecule has 0 saturated heterocycles. The van der Waals surface area contributed by atoms with Crippen molar-refractivity contribution in [2.75, 3.05) is 17.7 Å². The van der Waals surface area contributed by atoms with Gasteiger partial charge in [0.1, 0.15) is 0 Å². The molecule has 0 bridgehead atoms. The lowest BCUT2D eigenvalue weighted by molar-refractivity contribution is -0.137. The van der Waals surface area contributed by atoms with Gasteiger partial charge in [-0.25, -0.2) is 4.98 Å². The van der Waals surface area contributed by atoms with Gasteiger partial charge >= 0.3 is 6.18 Å². The second-order valence-electron chi connectivity index (χ2n) is 4.11. The summed E-state index contributed by atoms with van der Waals surface area (Å²) in [5, 5.41) is 1.81. The van der Waals surface area contributed by atoms with E-state index in [2.05, 4.69) is 4.98 Å². The van der Waals surface area contributed by atoms with Gasteiger partial charge in [0, 0.05) is 23.8 Å². The minimum atomic E-state index is -4.43. The summed E-state index contributed by atoms with van der Waals surface area (Å²) >= 11 is 1.41. The normalized spacial score (nSPS) is 11.6. The third-order valence-electron chi connectivity index (χ3n) is 2.62. The van der Waals surface area contributed by atoms with E-state index in [1.807, 2.05) is 0 Å². The number of aromatic nitrogens is 1. The smallest absolute Gasteiger partial charge is 0.399 e. The largest absolute Gasteiger partial charge is 0.418 e. The molecule has 0 spiro atoms. The molecule has 2 aromatic rings. The van der Waals surface area contributed by atoms with Crippen molar-refractivity contribution in [1.29, 1.82) is 0 Å². The van der Waals surface area contributed by atoms with Gasteiger partial charge in [-0.3, -0.25) is 0 Å². The van der Waals surface area contributed by atoms with Crippen LogP contribution in [0, 0.1) is 0 Å². The molecule has 0 aliphatic rings. The van der Waals surface area contributed by atoms with Crippen molar-refractivity contribution >= 4 is 22.7 Å². The molecule has 1 aromatic heterocycles. The zero-order chi connectivity index (χ0) is 14.0. The van der Waals surface area contributed by atoms with Crippen LogP contribution >= 0.6 is 11.3 Å². The molecule has 0 radical (unpaired) electrons. The molecular formula is C12H12F3N3S. The number of anilines is 2. The van der Waals surface area contributed by atoms with Crippen molar-refractivity contribution in [3.8, 4) is 0 Å². The van der Waals surface area contributed by atoms with Crippen LogP contribution < -0.4 is 10.6 Å². The van der Waals surface area contributed by atoms with Gasteiger partial charge in [0.2, 0.25) is 0 Å². The molecule has 2 N–H and O–H groups in total. The predicted molar refractivity (Wildman–Crippen MR) is 70.1 cm³/mol. The van der Waals surface area contributed by atoms with Crippen molar-refractivity contribution in [2.24, 2.45) is 0 Å². The molecule has 102 valence electrons. The highest BCUT2D eigenvalue weighted by molar-refractivity contribution is 7.07. The zero-order valence-electron chi connectivity index (χ0n) is 10.1. The van der Waals surface area contributed by atoms with Crippen molar-refractivity contribution < 1.29 is 13.2 Å². The maximum atomic E-state index is 13.0. The number of halogens is 3. The van der Waals surface area contributed by atoms with Crippen LogP contribution in [-0.4, -0.2) is 12.0 Å². The second-order valence-corrected chi connectivity index (χ2v) is 4.83. The van der Waals surface area contributed by atoms with E-state index in [0.717, 1.165) is 11.8 Å². The van der Waals surface area contributed by atoms with Gasteiger partial charge in [-0.15, -0.1) is 11.3 Å². The van der Waals surface area contributed by atoms with E-state index in [0.29, 0.717) is 6.54 Å². The summed E-state index contributed by atoms with van der Waals surface area (Å²) in [5.74, 6) is 0. The Kier molecular flexibility index (Phi) is 3.66. The number of nitrogen functional groups attached to an aromatic ring is 1. The van der Waals surface area contributed by atoms with Crippen molar-refractivity contribution in [3.63, 3.8) is 0 Å². The summed E-state index contributed by atoms with van der Waals surface area (Å²) in [7, 11) is 1.60. The van der Waals surface area contributed by atoms with E-state index in [1.165, 1.54) is 28.4 Å². The lowest BCUT2D eigenvalue weighted by Crippen LogP contribution is -2.21. The van der Waals surface area contributed by atoms with Gasteiger partial charge in [0.25, 0.3) is 0 Å². The zero-order valence-corrected chi connectivity index (χ0v) is 10.9. The highest BCUT2D eigenvalue weighted by Crippen LogP contribution is 2.37. The van der Waals surface area contributed by atoms with Crippen LogP contribution in [0.4, 0.5) is 24.5 Å². The maximum absolute atomic E-state index is 13.0. The van der Waals surface area contributed by atoms with Gasteiger partial charge in [0.15, 0.2) is 0 Å².